The second-order valence-electron chi connectivity index (χ2n) is 14.3. The fourth-order valence-corrected chi connectivity index (χ4v) is 11.6. The molecule has 0 saturated heterocycles. The van der Waals surface area contributed by atoms with E-state index in [9.17, 15) is 0 Å². The summed E-state index contributed by atoms with van der Waals surface area (Å²) in [6, 6.07) is 67.8. The minimum Gasteiger partial charge on any atom is -0.135 e. The molecule has 0 saturated carbocycles. The van der Waals surface area contributed by atoms with Crippen molar-refractivity contribution in [3.05, 3.63) is 182 Å². The van der Waals surface area contributed by atoms with Crippen molar-refractivity contribution < 1.29 is 0 Å². The zero-order chi connectivity index (χ0) is 35.3. The van der Waals surface area contributed by atoms with Crippen LogP contribution in [-0.2, 0) is 0 Å². The van der Waals surface area contributed by atoms with Gasteiger partial charge in [-0.25, -0.2) is 0 Å². The predicted molar refractivity (Wildman–Crippen MR) is 239 cm³/mol. The Kier molecular flexibility index (Phi) is 6.48. The van der Waals surface area contributed by atoms with Crippen LogP contribution < -0.4 is 0 Å². The van der Waals surface area contributed by atoms with Gasteiger partial charge in [0.05, 0.1) is 0 Å². The van der Waals surface area contributed by atoms with Gasteiger partial charge in [-0.2, -0.15) is 0 Å². The fraction of sp³-hybridized carbons (Fsp3) is 0. The summed E-state index contributed by atoms with van der Waals surface area (Å²) in [5.41, 5.74) is 7.69. The van der Waals surface area contributed by atoms with E-state index >= 15 is 0 Å². The molecule has 0 fully saturated rings. The lowest BCUT2D eigenvalue weighted by Gasteiger charge is -2.19. The molecule has 10 aromatic carbocycles. The quantitative estimate of drug-likeness (QED) is 0.160. The van der Waals surface area contributed by atoms with Crippen LogP contribution in [0.3, 0.4) is 0 Å². The maximum atomic E-state index is 2.47. The first-order valence-corrected chi connectivity index (χ1v) is 20.1. The van der Waals surface area contributed by atoms with Gasteiger partial charge in [-0.1, -0.05) is 158 Å². The first-order valence-electron chi connectivity index (χ1n) is 18.5. The van der Waals surface area contributed by atoms with E-state index in [2.05, 4.69) is 182 Å². The number of hydrogen-bond acceptors (Lipinski definition) is 2. The minimum atomic E-state index is 1.24. The molecule has 12 aromatic rings. The van der Waals surface area contributed by atoms with Crippen LogP contribution in [0.1, 0.15) is 0 Å². The summed E-state index contributed by atoms with van der Waals surface area (Å²) in [6.45, 7) is 0. The van der Waals surface area contributed by atoms with Crippen LogP contribution in [0.5, 0.6) is 0 Å². The van der Waals surface area contributed by atoms with Crippen molar-refractivity contribution in [2.45, 2.75) is 0 Å². The van der Waals surface area contributed by atoms with E-state index in [4.69, 9.17) is 0 Å². The summed E-state index contributed by atoms with van der Waals surface area (Å²) in [5, 5.41) is 15.7. The maximum Gasteiger partial charge on any atom is 0.0441 e. The third-order valence-electron chi connectivity index (χ3n) is 11.4. The van der Waals surface area contributed by atoms with E-state index in [1.165, 1.54) is 117 Å². The smallest absolute Gasteiger partial charge is 0.0441 e. The number of rotatable bonds is 3. The molecule has 2 aromatic heterocycles. The molecule has 0 unspecified atom stereocenters. The van der Waals surface area contributed by atoms with Gasteiger partial charge in [-0.15, -0.1) is 22.7 Å². The van der Waals surface area contributed by atoms with Gasteiger partial charge in [-0.3, -0.25) is 0 Å². The monoisotopic (exact) mass is 718 g/mol. The highest BCUT2D eigenvalue weighted by Crippen LogP contribution is 2.51. The predicted octanol–water partition coefficient (Wildman–Crippen LogP) is 16.0. The van der Waals surface area contributed by atoms with Crippen LogP contribution >= 0.6 is 22.7 Å². The van der Waals surface area contributed by atoms with E-state index in [0.717, 1.165) is 0 Å². The maximum absolute atomic E-state index is 2.47. The lowest BCUT2D eigenvalue weighted by molar-refractivity contribution is 1.66. The van der Waals surface area contributed by atoms with Gasteiger partial charge < -0.3 is 0 Å². The Labute approximate surface area is 319 Å². The molecular weight excluding hydrogens is 689 g/mol. The lowest BCUT2D eigenvalue weighted by atomic mass is 9.84. The Balaban J connectivity index is 1.18. The molecule has 0 N–H and O–H groups in total. The average molecular weight is 719 g/mol. The summed E-state index contributed by atoms with van der Waals surface area (Å²) in [5.74, 6) is 0. The molecule has 0 aliphatic heterocycles. The van der Waals surface area contributed by atoms with Gasteiger partial charge in [0.15, 0.2) is 0 Å². The SMILES string of the molecule is c1cc(-c2c3ccccc3c(-c3cccc4ccccc34)c3ccccc23)cc(-c2c3sc4ccc5ccccc5c4c3cc3sc4ccccc4c23)c1. The molecule has 2 heterocycles. The molecule has 0 radical (unpaired) electrons. The Morgan fingerprint density at radius 2 is 0.833 bits per heavy atom. The highest BCUT2D eigenvalue weighted by atomic mass is 32.1. The van der Waals surface area contributed by atoms with Gasteiger partial charge in [0.2, 0.25) is 0 Å². The van der Waals surface area contributed by atoms with Crippen LogP contribution in [-0.4, -0.2) is 0 Å². The van der Waals surface area contributed by atoms with Crippen molar-refractivity contribution in [1.82, 2.24) is 0 Å². The minimum absolute atomic E-state index is 1.24. The van der Waals surface area contributed by atoms with E-state index in [1.807, 2.05) is 22.7 Å². The number of fused-ring (bicyclic) bond motifs is 11. The van der Waals surface area contributed by atoms with Crippen LogP contribution in [0.15, 0.2) is 182 Å². The Bertz CT molecular complexity index is 3440. The lowest BCUT2D eigenvalue weighted by Crippen LogP contribution is -1.92. The van der Waals surface area contributed by atoms with E-state index in [0.29, 0.717) is 0 Å². The highest BCUT2D eigenvalue weighted by molar-refractivity contribution is 7.28. The van der Waals surface area contributed by atoms with Crippen LogP contribution in [0.4, 0.5) is 0 Å². The summed E-state index contributed by atoms with van der Waals surface area (Å²) in [6.07, 6.45) is 0. The molecule has 0 nitrogen and oxygen atoms in total. The van der Waals surface area contributed by atoms with E-state index in [-0.39, 0.29) is 0 Å². The topological polar surface area (TPSA) is 0 Å². The first-order chi connectivity index (χ1) is 26.8. The zero-order valence-corrected chi connectivity index (χ0v) is 30.8. The van der Waals surface area contributed by atoms with Crippen molar-refractivity contribution in [2.24, 2.45) is 0 Å². The van der Waals surface area contributed by atoms with Crippen LogP contribution in [0.25, 0.3) is 117 Å². The van der Waals surface area contributed by atoms with Gasteiger partial charge in [0, 0.05) is 45.9 Å². The summed E-state index contributed by atoms with van der Waals surface area (Å²) < 4.78 is 5.37. The van der Waals surface area contributed by atoms with Gasteiger partial charge >= 0.3 is 0 Å². The highest BCUT2D eigenvalue weighted by Gasteiger charge is 2.22. The molecule has 0 atom stereocenters. The van der Waals surface area contributed by atoms with Crippen molar-refractivity contribution in [1.29, 1.82) is 0 Å². The van der Waals surface area contributed by atoms with E-state index in [1.54, 1.807) is 0 Å². The molecule has 250 valence electrons. The van der Waals surface area contributed by atoms with Crippen molar-refractivity contribution >= 4 is 106 Å². The van der Waals surface area contributed by atoms with Crippen molar-refractivity contribution in [3.63, 3.8) is 0 Å². The molecule has 2 heteroatoms. The Morgan fingerprint density at radius 1 is 0.278 bits per heavy atom. The van der Waals surface area contributed by atoms with Gasteiger partial charge in [0.25, 0.3) is 0 Å². The number of benzene rings is 10. The standard InChI is InChI=1S/C52H30S2/c1-3-18-35-31(13-1)15-12-25-37(35)49-40-22-7-5-20-38(40)47(39-21-6-8-23-41(39)49)33-16-11-17-34(29-33)48-51-42-24-9-10-26-44(42)53-46(51)30-43-50-36-19-4-2-14-32(36)27-28-45(50)54-52(43)48/h1-30H. The Morgan fingerprint density at radius 3 is 1.57 bits per heavy atom. The third-order valence-corrected chi connectivity index (χ3v) is 13.7. The van der Waals surface area contributed by atoms with Crippen LogP contribution in [0, 0.1) is 0 Å². The van der Waals surface area contributed by atoms with Gasteiger partial charge in [-0.05, 0) is 95.2 Å². The Hall–Kier alpha value is -6.32. The zero-order valence-electron chi connectivity index (χ0n) is 29.1. The largest absolute Gasteiger partial charge is 0.135 e. The van der Waals surface area contributed by atoms with Crippen LogP contribution in [0.2, 0.25) is 0 Å². The molecule has 12 rings (SSSR count). The number of thiophene rings is 2. The van der Waals surface area contributed by atoms with Crippen molar-refractivity contribution in [3.8, 4) is 33.4 Å². The average Bonchev–Trinajstić information content (AvgIpc) is 3.80. The van der Waals surface area contributed by atoms with Gasteiger partial charge in [0.1, 0.15) is 0 Å². The summed E-state index contributed by atoms with van der Waals surface area (Å²) >= 11 is 3.85. The fourth-order valence-electron chi connectivity index (χ4n) is 9.16. The molecule has 0 bridgehead atoms. The molecule has 0 aliphatic rings. The number of hydrogen-bond donors (Lipinski definition) is 0. The van der Waals surface area contributed by atoms with Crippen molar-refractivity contribution in [2.75, 3.05) is 0 Å². The second-order valence-corrected chi connectivity index (χ2v) is 16.4. The molecule has 0 aliphatic carbocycles. The summed E-state index contributed by atoms with van der Waals surface area (Å²) in [7, 11) is 0. The molecule has 0 amide bonds. The third kappa shape index (κ3) is 4.30. The normalized spacial score (nSPS) is 12.1. The second kappa shape index (κ2) is 11.6. The first kappa shape index (κ1) is 30.2. The summed E-state index contributed by atoms with van der Waals surface area (Å²) in [4.78, 5) is 0. The molecular formula is C52H30S2. The van der Waals surface area contributed by atoms with E-state index < -0.39 is 0 Å². The molecule has 54 heavy (non-hydrogen) atoms. The molecule has 0 spiro atoms.